The highest BCUT2D eigenvalue weighted by Gasteiger charge is 2.38. The van der Waals surface area contributed by atoms with Crippen LogP contribution in [0.3, 0.4) is 0 Å². The molecule has 0 saturated heterocycles. The molecular weight excluding hydrogens is 195 g/mol. The molecule has 0 unspecified atom stereocenters. The first-order valence-corrected chi connectivity index (χ1v) is 4.74. The first-order valence-electron chi connectivity index (χ1n) is 4.74. The monoisotopic (exact) mass is 206 g/mol. The summed E-state index contributed by atoms with van der Waals surface area (Å²) in [6.07, 6.45) is 1.26. The van der Waals surface area contributed by atoms with Crippen LogP contribution in [-0.2, 0) is 10.4 Å². The smallest absolute Gasteiger partial charge is 0.166 e. The average Bonchev–Trinajstić information content (AvgIpc) is 2.24. The number of hydrogen-bond donors (Lipinski definition) is 1. The largest absolute Gasteiger partial charge is 0.377 e. The van der Waals surface area contributed by atoms with Crippen molar-refractivity contribution in [1.29, 1.82) is 0 Å². The molecule has 78 valence electrons. The van der Waals surface area contributed by atoms with E-state index in [9.17, 15) is 14.3 Å². The van der Waals surface area contributed by atoms with E-state index in [2.05, 4.69) is 0 Å². The van der Waals surface area contributed by atoms with E-state index in [-0.39, 0.29) is 18.0 Å². The Hall–Kier alpha value is -1.48. The Morgan fingerprint density at radius 2 is 2.13 bits per heavy atom. The number of hydrogen-bond acceptors (Lipinski definition) is 2. The topological polar surface area (TPSA) is 37.3 Å². The normalized spacial score (nSPS) is 24.3. The van der Waals surface area contributed by atoms with Crippen LogP contribution >= 0.6 is 0 Å². The summed E-state index contributed by atoms with van der Waals surface area (Å²) in [5, 5.41) is 10.2. The van der Waals surface area contributed by atoms with Gasteiger partial charge in [0.1, 0.15) is 5.83 Å². The Bertz CT molecular complexity index is 451. The van der Waals surface area contributed by atoms with Crippen molar-refractivity contribution in [2.45, 2.75) is 18.9 Å². The molecule has 1 atom stereocenters. The molecule has 2 rings (SSSR count). The zero-order chi connectivity index (χ0) is 11.1. The summed E-state index contributed by atoms with van der Waals surface area (Å²) in [5.41, 5.74) is -0.898. The van der Waals surface area contributed by atoms with Gasteiger partial charge in [-0.2, -0.15) is 0 Å². The Balaban J connectivity index is 2.65. The van der Waals surface area contributed by atoms with Crippen molar-refractivity contribution in [2.24, 2.45) is 0 Å². The van der Waals surface area contributed by atoms with E-state index >= 15 is 0 Å². The first-order chi connectivity index (χ1) is 7.05. The molecule has 0 saturated carbocycles. The molecule has 0 spiro atoms. The highest BCUT2D eigenvalue weighted by molar-refractivity contribution is 5.89. The molecule has 0 aliphatic heterocycles. The van der Waals surface area contributed by atoms with Crippen molar-refractivity contribution in [3.63, 3.8) is 0 Å². The Morgan fingerprint density at radius 3 is 2.80 bits per heavy atom. The summed E-state index contributed by atoms with van der Waals surface area (Å²) >= 11 is 0. The van der Waals surface area contributed by atoms with Crippen LogP contribution in [-0.4, -0.2) is 10.9 Å². The van der Waals surface area contributed by atoms with Gasteiger partial charge < -0.3 is 5.11 Å². The van der Waals surface area contributed by atoms with Gasteiger partial charge in [0.2, 0.25) is 0 Å². The average molecular weight is 206 g/mol. The second-order valence-electron chi connectivity index (χ2n) is 3.72. The first kappa shape index (κ1) is 10.1. The number of aliphatic hydroxyl groups is 1. The molecule has 2 nitrogen and oxygen atoms in total. The van der Waals surface area contributed by atoms with E-state index in [4.69, 9.17) is 0 Å². The minimum atomic E-state index is -1.56. The van der Waals surface area contributed by atoms with Gasteiger partial charge in [0, 0.05) is 17.5 Å². The van der Waals surface area contributed by atoms with Gasteiger partial charge in [-0.3, -0.25) is 4.79 Å². The zero-order valence-corrected chi connectivity index (χ0v) is 8.33. The molecule has 0 amide bonds. The van der Waals surface area contributed by atoms with Gasteiger partial charge in [-0.25, -0.2) is 4.39 Å². The summed E-state index contributed by atoms with van der Waals surface area (Å²) in [5.74, 6) is -0.741. The third-order valence-corrected chi connectivity index (χ3v) is 2.79. The predicted octanol–water partition coefficient (Wildman–Crippen LogP) is 2.18. The molecule has 0 aromatic heterocycles. The van der Waals surface area contributed by atoms with Gasteiger partial charge in [-0.15, -0.1) is 0 Å². The second kappa shape index (κ2) is 3.28. The maximum absolute atomic E-state index is 13.4. The lowest BCUT2D eigenvalue weighted by Crippen LogP contribution is -2.35. The van der Waals surface area contributed by atoms with Crippen molar-refractivity contribution in [3.05, 3.63) is 41.5 Å². The van der Waals surface area contributed by atoms with Crippen LogP contribution in [0.25, 0.3) is 5.83 Å². The summed E-state index contributed by atoms with van der Waals surface area (Å²) in [7, 11) is 0. The minimum Gasteiger partial charge on any atom is -0.377 e. The van der Waals surface area contributed by atoms with Gasteiger partial charge in [0.25, 0.3) is 0 Å². The van der Waals surface area contributed by atoms with E-state index in [1.165, 1.54) is 13.0 Å². The SMILES string of the molecule is CC(=O)[C@]1(O)CC=C(F)c2ccccc21. The molecule has 0 heterocycles. The lowest BCUT2D eigenvalue weighted by molar-refractivity contribution is -0.135. The van der Waals surface area contributed by atoms with E-state index in [0.29, 0.717) is 11.1 Å². The van der Waals surface area contributed by atoms with Crippen molar-refractivity contribution < 1.29 is 14.3 Å². The van der Waals surface area contributed by atoms with Gasteiger partial charge in [-0.1, -0.05) is 24.3 Å². The molecule has 1 aliphatic rings. The summed E-state index contributed by atoms with van der Waals surface area (Å²) in [4.78, 5) is 11.4. The number of carbonyl (C=O) groups is 1. The molecule has 1 aromatic carbocycles. The second-order valence-corrected chi connectivity index (χ2v) is 3.72. The fourth-order valence-electron chi connectivity index (χ4n) is 1.84. The van der Waals surface area contributed by atoms with Crippen molar-refractivity contribution in [2.75, 3.05) is 0 Å². The predicted molar refractivity (Wildman–Crippen MR) is 54.7 cm³/mol. The molecule has 3 heteroatoms. The lowest BCUT2D eigenvalue weighted by atomic mass is 9.80. The fourth-order valence-corrected chi connectivity index (χ4v) is 1.84. The van der Waals surface area contributed by atoms with Crippen LogP contribution in [0, 0.1) is 0 Å². The summed E-state index contributed by atoms with van der Waals surface area (Å²) in [6, 6.07) is 6.51. The number of ketones is 1. The van der Waals surface area contributed by atoms with Gasteiger partial charge in [0.05, 0.1) is 0 Å². The highest BCUT2D eigenvalue weighted by Crippen LogP contribution is 2.38. The number of carbonyl (C=O) groups excluding carboxylic acids is 1. The maximum atomic E-state index is 13.4. The molecule has 1 aliphatic carbocycles. The van der Waals surface area contributed by atoms with Crippen molar-refractivity contribution >= 4 is 11.6 Å². The number of halogens is 1. The van der Waals surface area contributed by atoms with Gasteiger partial charge >= 0.3 is 0 Å². The van der Waals surface area contributed by atoms with E-state index in [1.54, 1.807) is 24.3 Å². The van der Waals surface area contributed by atoms with E-state index in [1.807, 2.05) is 0 Å². The van der Waals surface area contributed by atoms with Crippen LogP contribution in [0.5, 0.6) is 0 Å². The molecule has 0 fully saturated rings. The van der Waals surface area contributed by atoms with Crippen molar-refractivity contribution in [3.8, 4) is 0 Å². The number of benzene rings is 1. The molecule has 0 bridgehead atoms. The van der Waals surface area contributed by atoms with Crippen LogP contribution in [0.2, 0.25) is 0 Å². The Kier molecular flexibility index (Phi) is 2.20. The van der Waals surface area contributed by atoms with Crippen LogP contribution < -0.4 is 0 Å². The quantitative estimate of drug-likeness (QED) is 0.764. The van der Waals surface area contributed by atoms with Crippen LogP contribution in [0.15, 0.2) is 30.3 Å². The van der Waals surface area contributed by atoms with Gasteiger partial charge in [0.15, 0.2) is 11.4 Å². The third kappa shape index (κ3) is 1.39. The Morgan fingerprint density at radius 1 is 1.47 bits per heavy atom. The van der Waals surface area contributed by atoms with Crippen molar-refractivity contribution in [1.82, 2.24) is 0 Å². The molecule has 1 aromatic rings. The van der Waals surface area contributed by atoms with Crippen LogP contribution in [0.1, 0.15) is 24.5 Å². The number of Topliss-reactive ketones (excluding diaryl/α,β-unsaturated/α-hetero) is 1. The van der Waals surface area contributed by atoms with E-state index < -0.39 is 5.60 Å². The lowest BCUT2D eigenvalue weighted by Gasteiger charge is -2.29. The van der Waals surface area contributed by atoms with Crippen LogP contribution in [0.4, 0.5) is 4.39 Å². The zero-order valence-electron chi connectivity index (χ0n) is 8.33. The van der Waals surface area contributed by atoms with Gasteiger partial charge in [-0.05, 0) is 13.0 Å². The third-order valence-electron chi connectivity index (χ3n) is 2.79. The number of rotatable bonds is 1. The Labute approximate surface area is 87.0 Å². The maximum Gasteiger partial charge on any atom is 0.166 e. The molecule has 1 N–H and O–H groups in total. The standard InChI is InChI=1S/C12H11FO2/c1-8(14)12(15)7-6-11(13)9-4-2-3-5-10(9)12/h2-6,15H,7H2,1H3/t12-/m1/s1. The molecule has 15 heavy (non-hydrogen) atoms. The fraction of sp³-hybridized carbons (Fsp3) is 0.250. The minimum absolute atomic E-state index is 0.00514. The summed E-state index contributed by atoms with van der Waals surface area (Å²) in [6.45, 7) is 1.31. The molecule has 0 radical (unpaired) electrons. The number of fused-ring (bicyclic) bond motifs is 1. The van der Waals surface area contributed by atoms with E-state index in [0.717, 1.165) is 0 Å². The summed E-state index contributed by atoms with van der Waals surface area (Å²) < 4.78 is 13.4. The molecular formula is C12H11FO2. The highest BCUT2D eigenvalue weighted by atomic mass is 19.1.